The maximum absolute atomic E-state index is 12.7. The first kappa shape index (κ1) is 22.3. The van der Waals surface area contributed by atoms with Gasteiger partial charge in [0.25, 0.3) is 0 Å². The van der Waals surface area contributed by atoms with Crippen molar-refractivity contribution in [2.75, 3.05) is 12.8 Å². The van der Waals surface area contributed by atoms with Crippen LogP contribution in [0.25, 0.3) is 0 Å². The molecule has 0 aliphatic carbocycles. The fourth-order valence-electron chi connectivity index (χ4n) is 3.30. The van der Waals surface area contributed by atoms with Crippen LogP contribution in [0.4, 0.5) is 5.82 Å². The van der Waals surface area contributed by atoms with Gasteiger partial charge in [0, 0.05) is 19.9 Å². The Morgan fingerprint density at radius 1 is 1.28 bits per heavy atom. The highest BCUT2D eigenvalue weighted by atomic mass is 16.5. The van der Waals surface area contributed by atoms with E-state index < -0.39 is 24.3 Å². The Morgan fingerprint density at radius 2 is 1.97 bits per heavy atom. The monoisotopic (exact) mass is 400 g/mol. The van der Waals surface area contributed by atoms with Crippen LogP contribution in [0.2, 0.25) is 0 Å². The number of β-lactam (4-membered cyclic amide) rings is 1. The third kappa shape index (κ3) is 5.30. The smallest absolute Gasteiger partial charge is 0.327 e. The third-order valence-electron chi connectivity index (χ3n) is 4.61. The molecule has 1 aromatic carbocycles. The standard InChI is InChI=1S/C19H22N4O4.C2H6/c1-27-19(22-11-12-5-3-2-4-6-12)23-16(18(25)26)14(17(23)24)9-13-7-8-21-15(20)10-13;1-2/h2-8,10,14,16,19,22H,9,11H2,1H3,(H2,20,21)(H,25,26);1-2H3/t14-,16?,19?;/m1./s1. The van der Waals surface area contributed by atoms with Crippen molar-refractivity contribution in [2.24, 2.45) is 5.92 Å². The normalized spacial score (nSPS) is 19.0. The number of nitrogens with one attached hydrogen (secondary N) is 1. The van der Waals surface area contributed by atoms with Crippen molar-refractivity contribution in [2.45, 2.75) is 39.2 Å². The molecule has 1 aliphatic heterocycles. The zero-order valence-corrected chi connectivity index (χ0v) is 16.9. The molecule has 3 rings (SSSR count). The average Bonchev–Trinajstić information content (AvgIpc) is 2.74. The summed E-state index contributed by atoms with van der Waals surface area (Å²) < 4.78 is 5.35. The summed E-state index contributed by atoms with van der Waals surface area (Å²) in [6.07, 6.45) is 1.01. The van der Waals surface area contributed by atoms with Crippen LogP contribution in [0.15, 0.2) is 48.7 Å². The molecular formula is C21H28N4O4. The molecule has 0 bridgehead atoms. The lowest BCUT2D eigenvalue weighted by atomic mass is 9.82. The molecule has 156 valence electrons. The molecule has 1 aliphatic rings. The predicted molar refractivity (Wildman–Crippen MR) is 110 cm³/mol. The van der Waals surface area contributed by atoms with Crippen LogP contribution in [0.1, 0.15) is 25.0 Å². The second-order valence-corrected chi connectivity index (χ2v) is 6.38. The average molecular weight is 400 g/mol. The lowest BCUT2D eigenvalue weighted by Gasteiger charge is -2.48. The van der Waals surface area contributed by atoms with Gasteiger partial charge in [-0.3, -0.25) is 15.0 Å². The highest BCUT2D eigenvalue weighted by Gasteiger charge is 2.54. The number of benzene rings is 1. The zero-order valence-electron chi connectivity index (χ0n) is 16.9. The van der Waals surface area contributed by atoms with Gasteiger partial charge < -0.3 is 15.6 Å². The molecule has 0 spiro atoms. The number of ether oxygens (including phenoxy) is 1. The van der Waals surface area contributed by atoms with Gasteiger partial charge in [0.2, 0.25) is 5.91 Å². The number of carbonyl (C=O) groups excluding carboxylic acids is 1. The number of methoxy groups -OCH3 is 1. The van der Waals surface area contributed by atoms with Crippen LogP contribution < -0.4 is 11.1 Å². The zero-order chi connectivity index (χ0) is 21.4. The van der Waals surface area contributed by atoms with Gasteiger partial charge in [-0.25, -0.2) is 9.78 Å². The first-order chi connectivity index (χ1) is 14.0. The lowest BCUT2D eigenvalue weighted by Crippen LogP contribution is -2.70. The van der Waals surface area contributed by atoms with Gasteiger partial charge in [-0.2, -0.15) is 0 Å². The molecular weight excluding hydrogens is 372 g/mol. The van der Waals surface area contributed by atoms with E-state index in [0.717, 1.165) is 11.1 Å². The van der Waals surface area contributed by atoms with E-state index in [0.29, 0.717) is 12.4 Å². The molecule has 2 aromatic rings. The van der Waals surface area contributed by atoms with Crippen molar-refractivity contribution in [3.8, 4) is 0 Å². The van der Waals surface area contributed by atoms with Crippen LogP contribution in [-0.2, 0) is 27.3 Å². The van der Waals surface area contributed by atoms with Crippen LogP contribution in [0.3, 0.4) is 0 Å². The number of carbonyl (C=O) groups is 2. The number of carboxylic acids is 1. The number of pyridine rings is 1. The number of hydrogen-bond acceptors (Lipinski definition) is 6. The summed E-state index contributed by atoms with van der Waals surface area (Å²) >= 11 is 0. The van der Waals surface area contributed by atoms with Gasteiger partial charge in [-0.1, -0.05) is 44.2 Å². The van der Waals surface area contributed by atoms with E-state index in [2.05, 4.69) is 10.3 Å². The molecule has 8 heteroatoms. The molecule has 2 heterocycles. The van der Waals surface area contributed by atoms with Crippen LogP contribution in [0.5, 0.6) is 0 Å². The van der Waals surface area contributed by atoms with Crippen molar-refractivity contribution in [3.05, 3.63) is 59.8 Å². The maximum Gasteiger partial charge on any atom is 0.327 e. The number of rotatable bonds is 8. The third-order valence-corrected chi connectivity index (χ3v) is 4.61. The van der Waals surface area contributed by atoms with Crippen LogP contribution in [0, 0.1) is 5.92 Å². The minimum Gasteiger partial charge on any atom is -0.480 e. The Hall–Kier alpha value is -2.97. The SMILES string of the molecule is CC.COC(NCc1ccccc1)N1C(=O)[C@H](Cc2ccnc(N)c2)C1C(=O)O. The number of nitrogen functional groups attached to an aromatic ring is 1. The molecule has 1 aromatic heterocycles. The Morgan fingerprint density at radius 3 is 2.55 bits per heavy atom. The molecule has 0 radical (unpaired) electrons. The molecule has 1 fully saturated rings. The van der Waals surface area contributed by atoms with Gasteiger partial charge >= 0.3 is 5.97 Å². The molecule has 8 nitrogen and oxygen atoms in total. The van der Waals surface area contributed by atoms with Gasteiger partial charge in [0.1, 0.15) is 11.9 Å². The van der Waals surface area contributed by atoms with Gasteiger partial charge in [0.15, 0.2) is 6.35 Å². The van der Waals surface area contributed by atoms with Crippen molar-refractivity contribution in [1.29, 1.82) is 0 Å². The summed E-state index contributed by atoms with van der Waals surface area (Å²) in [6, 6.07) is 12.0. The Labute approximate surface area is 170 Å². The number of hydrogen-bond donors (Lipinski definition) is 3. The molecule has 1 saturated heterocycles. The van der Waals surface area contributed by atoms with Crippen LogP contribution in [-0.4, -0.2) is 46.4 Å². The number of aromatic nitrogens is 1. The molecule has 0 saturated carbocycles. The van der Waals surface area contributed by atoms with Gasteiger partial charge in [-0.05, 0) is 29.7 Å². The van der Waals surface area contributed by atoms with E-state index >= 15 is 0 Å². The predicted octanol–water partition coefficient (Wildman–Crippen LogP) is 1.86. The van der Waals surface area contributed by atoms with Gasteiger partial charge in [-0.15, -0.1) is 0 Å². The quantitative estimate of drug-likeness (QED) is 0.457. The summed E-state index contributed by atoms with van der Waals surface area (Å²) in [7, 11) is 1.44. The van der Waals surface area contributed by atoms with E-state index in [1.54, 1.807) is 18.3 Å². The van der Waals surface area contributed by atoms with Crippen molar-refractivity contribution in [1.82, 2.24) is 15.2 Å². The summed E-state index contributed by atoms with van der Waals surface area (Å²) in [5.41, 5.74) is 7.44. The number of carboxylic acid groups (broad SMARTS) is 1. The topological polar surface area (TPSA) is 118 Å². The fourth-order valence-corrected chi connectivity index (χ4v) is 3.30. The second kappa shape index (κ2) is 10.5. The summed E-state index contributed by atoms with van der Waals surface area (Å²) in [5.74, 6) is -1.67. The lowest BCUT2D eigenvalue weighted by molar-refractivity contribution is -0.193. The van der Waals surface area contributed by atoms with E-state index in [1.807, 2.05) is 44.2 Å². The largest absolute Gasteiger partial charge is 0.480 e. The second-order valence-electron chi connectivity index (χ2n) is 6.38. The maximum atomic E-state index is 12.7. The van der Waals surface area contributed by atoms with E-state index in [9.17, 15) is 14.7 Å². The first-order valence-electron chi connectivity index (χ1n) is 9.56. The number of amides is 1. The number of anilines is 1. The Balaban J connectivity index is 0.00000145. The summed E-state index contributed by atoms with van der Waals surface area (Å²) in [5, 5.41) is 12.7. The highest BCUT2D eigenvalue weighted by Crippen LogP contribution is 2.32. The fraction of sp³-hybridized carbons (Fsp3) is 0.381. The van der Waals surface area contributed by atoms with E-state index in [1.165, 1.54) is 12.0 Å². The molecule has 3 atom stereocenters. The minimum absolute atomic E-state index is 0.273. The highest BCUT2D eigenvalue weighted by molar-refractivity contribution is 5.96. The molecule has 2 unspecified atom stereocenters. The van der Waals surface area contributed by atoms with Crippen molar-refractivity contribution >= 4 is 17.7 Å². The number of nitrogens with two attached hydrogens (primary N) is 1. The summed E-state index contributed by atoms with van der Waals surface area (Å²) in [4.78, 5) is 29.6. The number of aliphatic carboxylic acids is 1. The molecule has 1 amide bonds. The Bertz CT molecular complexity index is 815. The van der Waals surface area contributed by atoms with Crippen molar-refractivity contribution < 1.29 is 19.4 Å². The number of likely N-dealkylation sites (tertiary alicyclic amines) is 1. The van der Waals surface area contributed by atoms with Gasteiger partial charge in [0.05, 0.1) is 5.92 Å². The van der Waals surface area contributed by atoms with Crippen molar-refractivity contribution in [3.63, 3.8) is 0 Å². The van der Waals surface area contributed by atoms with E-state index in [4.69, 9.17) is 10.5 Å². The van der Waals surface area contributed by atoms with E-state index in [-0.39, 0.29) is 12.3 Å². The molecule has 4 N–H and O–H groups in total. The molecule has 29 heavy (non-hydrogen) atoms. The van der Waals surface area contributed by atoms with Crippen LogP contribution >= 0.6 is 0 Å². The number of nitrogens with zero attached hydrogens (tertiary/aromatic N) is 2. The minimum atomic E-state index is -1.06. The Kier molecular flexibility index (Phi) is 8.11. The first-order valence-corrected chi connectivity index (χ1v) is 9.56. The summed E-state index contributed by atoms with van der Waals surface area (Å²) in [6.45, 7) is 4.45.